The molecule has 0 unspecified atom stereocenters. The van der Waals surface area contributed by atoms with E-state index in [-0.39, 0.29) is 35.1 Å². The number of amides is 1. The van der Waals surface area contributed by atoms with Crippen molar-refractivity contribution in [3.8, 4) is 11.5 Å². The molecule has 1 heterocycles. The number of carbonyl (C=O) groups excluding carboxylic acids is 1. The van der Waals surface area contributed by atoms with Gasteiger partial charge in [-0.15, -0.1) is 0 Å². The van der Waals surface area contributed by atoms with Gasteiger partial charge in [-0.2, -0.15) is 5.10 Å². The Morgan fingerprint density at radius 3 is 2.92 bits per heavy atom. The van der Waals surface area contributed by atoms with Crippen LogP contribution in [0.2, 0.25) is 0 Å². The number of phenolic OH excluding ortho intramolecular Hbond substituents is 1. The van der Waals surface area contributed by atoms with Crippen LogP contribution >= 0.6 is 0 Å². The third kappa shape index (κ3) is 4.03. The van der Waals surface area contributed by atoms with Crippen molar-refractivity contribution in [3.63, 3.8) is 0 Å². The Balaban J connectivity index is 2.21. The summed E-state index contributed by atoms with van der Waals surface area (Å²) in [6, 6.07) is 7.04. The summed E-state index contributed by atoms with van der Waals surface area (Å²) in [5.74, 6) is -0.899. The molecular weight excluding hydrogens is 316 g/mol. The highest BCUT2D eigenvalue weighted by molar-refractivity contribution is 5.93. The SMILES string of the molecule is CCOc1cc([N+](=O)[O-])cc(/C=N\NC(=O)c2ccccn2)c1O. The van der Waals surface area contributed by atoms with Crippen LogP contribution in [0.1, 0.15) is 23.0 Å². The van der Waals surface area contributed by atoms with E-state index in [1.807, 2.05) is 0 Å². The predicted octanol–water partition coefficient (Wildman–Crippen LogP) is 1.86. The third-order valence-electron chi connectivity index (χ3n) is 2.87. The molecule has 124 valence electrons. The van der Waals surface area contributed by atoms with E-state index in [9.17, 15) is 20.0 Å². The molecule has 0 aliphatic heterocycles. The van der Waals surface area contributed by atoms with Gasteiger partial charge in [0.1, 0.15) is 5.69 Å². The van der Waals surface area contributed by atoms with E-state index in [0.717, 1.165) is 18.3 Å². The zero-order valence-corrected chi connectivity index (χ0v) is 12.7. The number of hydrogen-bond acceptors (Lipinski definition) is 7. The predicted molar refractivity (Wildman–Crippen MR) is 85.2 cm³/mol. The van der Waals surface area contributed by atoms with Crippen molar-refractivity contribution >= 4 is 17.8 Å². The quantitative estimate of drug-likeness (QED) is 0.473. The number of carbonyl (C=O) groups is 1. The Kier molecular flexibility index (Phi) is 5.40. The minimum absolute atomic E-state index is 0.0361. The monoisotopic (exact) mass is 330 g/mol. The van der Waals surface area contributed by atoms with Gasteiger partial charge in [0, 0.05) is 17.8 Å². The first-order chi connectivity index (χ1) is 11.5. The maximum absolute atomic E-state index is 11.8. The fourth-order valence-corrected chi connectivity index (χ4v) is 1.80. The molecule has 0 spiro atoms. The maximum Gasteiger partial charge on any atom is 0.289 e. The number of nitro benzene ring substituents is 1. The summed E-state index contributed by atoms with van der Waals surface area (Å²) in [5.41, 5.74) is 2.15. The van der Waals surface area contributed by atoms with Crippen LogP contribution < -0.4 is 10.2 Å². The van der Waals surface area contributed by atoms with Crippen LogP contribution in [0.4, 0.5) is 5.69 Å². The summed E-state index contributed by atoms with van der Waals surface area (Å²) in [6.07, 6.45) is 2.55. The molecule has 0 aliphatic carbocycles. The van der Waals surface area contributed by atoms with Gasteiger partial charge in [0.05, 0.1) is 23.8 Å². The van der Waals surface area contributed by atoms with Crippen LogP contribution in [0, 0.1) is 10.1 Å². The van der Waals surface area contributed by atoms with Gasteiger partial charge in [0.25, 0.3) is 11.6 Å². The van der Waals surface area contributed by atoms with Crippen LogP contribution in [0.25, 0.3) is 0 Å². The van der Waals surface area contributed by atoms with Crippen LogP contribution in [-0.2, 0) is 0 Å². The largest absolute Gasteiger partial charge is 0.504 e. The smallest absolute Gasteiger partial charge is 0.289 e. The van der Waals surface area contributed by atoms with Gasteiger partial charge in [-0.3, -0.25) is 19.9 Å². The standard InChI is InChI=1S/C15H14N4O5/c1-2-24-13-8-11(19(22)23)7-10(14(13)20)9-17-18-15(21)12-5-3-4-6-16-12/h3-9,20H,2H2,1H3,(H,18,21)/b17-9-. The second-order valence-corrected chi connectivity index (χ2v) is 4.49. The molecule has 9 nitrogen and oxygen atoms in total. The lowest BCUT2D eigenvalue weighted by Crippen LogP contribution is -2.18. The fraction of sp³-hybridized carbons (Fsp3) is 0.133. The third-order valence-corrected chi connectivity index (χ3v) is 2.87. The van der Waals surface area contributed by atoms with Crippen LogP contribution in [0.5, 0.6) is 11.5 Å². The maximum atomic E-state index is 11.8. The molecule has 0 bridgehead atoms. The molecule has 0 radical (unpaired) electrons. The number of aromatic hydroxyl groups is 1. The molecule has 1 aromatic heterocycles. The summed E-state index contributed by atoms with van der Waals surface area (Å²) in [5, 5.41) is 24.7. The van der Waals surface area contributed by atoms with Crippen molar-refractivity contribution < 1.29 is 19.6 Å². The molecular formula is C15H14N4O5. The molecule has 2 N–H and O–H groups in total. The second kappa shape index (κ2) is 7.68. The first-order valence-electron chi connectivity index (χ1n) is 6.91. The summed E-state index contributed by atoms with van der Waals surface area (Å²) in [6.45, 7) is 1.90. The number of pyridine rings is 1. The summed E-state index contributed by atoms with van der Waals surface area (Å²) in [4.78, 5) is 25.9. The number of nitrogens with zero attached hydrogens (tertiary/aromatic N) is 3. The molecule has 2 rings (SSSR count). The van der Waals surface area contributed by atoms with Crippen molar-refractivity contribution in [1.82, 2.24) is 10.4 Å². The Bertz CT molecular complexity index is 777. The first kappa shape index (κ1) is 16.9. The molecule has 0 atom stereocenters. The number of ether oxygens (including phenoxy) is 1. The number of non-ortho nitro benzene ring substituents is 1. The van der Waals surface area contributed by atoms with Crippen molar-refractivity contribution in [3.05, 3.63) is 57.9 Å². The van der Waals surface area contributed by atoms with Crippen molar-refractivity contribution in [1.29, 1.82) is 0 Å². The molecule has 0 aliphatic rings. The van der Waals surface area contributed by atoms with E-state index in [4.69, 9.17) is 4.74 Å². The molecule has 1 amide bonds. The van der Waals surface area contributed by atoms with Gasteiger partial charge in [0.15, 0.2) is 11.5 Å². The zero-order chi connectivity index (χ0) is 17.5. The number of hydrogen-bond donors (Lipinski definition) is 2. The number of rotatable bonds is 6. The minimum atomic E-state index is -0.619. The highest BCUT2D eigenvalue weighted by Gasteiger charge is 2.16. The first-order valence-corrected chi connectivity index (χ1v) is 6.91. The zero-order valence-electron chi connectivity index (χ0n) is 12.7. The fourth-order valence-electron chi connectivity index (χ4n) is 1.80. The highest BCUT2D eigenvalue weighted by atomic mass is 16.6. The van der Waals surface area contributed by atoms with Gasteiger partial charge in [-0.05, 0) is 19.1 Å². The van der Waals surface area contributed by atoms with Crippen LogP contribution in [0.15, 0.2) is 41.6 Å². The molecule has 2 aromatic rings. The number of aromatic nitrogens is 1. The molecule has 0 fully saturated rings. The van der Waals surface area contributed by atoms with E-state index in [2.05, 4.69) is 15.5 Å². The molecule has 9 heteroatoms. The Labute approximate surface area is 136 Å². The van der Waals surface area contributed by atoms with Gasteiger partial charge >= 0.3 is 0 Å². The van der Waals surface area contributed by atoms with Gasteiger partial charge in [-0.1, -0.05) is 6.07 Å². The Morgan fingerprint density at radius 1 is 1.50 bits per heavy atom. The van der Waals surface area contributed by atoms with Crippen molar-refractivity contribution in [2.75, 3.05) is 6.61 Å². The van der Waals surface area contributed by atoms with Crippen molar-refractivity contribution in [2.24, 2.45) is 5.10 Å². The lowest BCUT2D eigenvalue weighted by Gasteiger charge is -2.07. The average Bonchev–Trinajstić information content (AvgIpc) is 2.58. The average molecular weight is 330 g/mol. The molecule has 0 saturated heterocycles. The van der Waals surface area contributed by atoms with Crippen LogP contribution in [0.3, 0.4) is 0 Å². The normalized spacial score (nSPS) is 10.5. The summed E-state index contributed by atoms with van der Waals surface area (Å²) in [7, 11) is 0. The second-order valence-electron chi connectivity index (χ2n) is 4.49. The van der Waals surface area contributed by atoms with Crippen molar-refractivity contribution in [2.45, 2.75) is 6.92 Å². The van der Waals surface area contributed by atoms with Gasteiger partial charge in [0.2, 0.25) is 0 Å². The van der Waals surface area contributed by atoms with E-state index >= 15 is 0 Å². The van der Waals surface area contributed by atoms with Gasteiger partial charge < -0.3 is 9.84 Å². The van der Waals surface area contributed by atoms with E-state index in [1.54, 1.807) is 19.1 Å². The van der Waals surface area contributed by atoms with E-state index in [0.29, 0.717) is 0 Å². The van der Waals surface area contributed by atoms with Gasteiger partial charge in [-0.25, -0.2) is 5.43 Å². The van der Waals surface area contributed by atoms with E-state index < -0.39 is 10.8 Å². The molecule has 1 aromatic carbocycles. The highest BCUT2D eigenvalue weighted by Crippen LogP contribution is 2.33. The number of benzene rings is 1. The summed E-state index contributed by atoms with van der Waals surface area (Å²) < 4.78 is 5.15. The molecule has 24 heavy (non-hydrogen) atoms. The number of hydrazone groups is 1. The lowest BCUT2D eigenvalue weighted by atomic mass is 10.1. The van der Waals surface area contributed by atoms with Crippen LogP contribution in [-0.4, -0.2) is 33.7 Å². The van der Waals surface area contributed by atoms with E-state index in [1.165, 1.54) is 12.3 Å². The summed E-state index contributed by atoms with van der Waals surface area (Å²) >= 11 is 0. The Hall–Kier alpha value is -3.49. The molecule has 0 saturated carbocycles. The minimum Gasteiger partial charge on any atom is -0.504 e. The number of phenols is 1. The Morgan fingerprint density at radius 2 is 2.29 bits per heavy atom. The number of nitrogens with one attached hydrogen (secondary N) is 1. The lowest BCUT2D eigenvalue weighted by molar-refractivity contribution is -0.385. The topological polar surface area (TPSA) is 127 Å². The number of nitro groups is 1.